The zero-order valence-electron chi connectivity index (χ0n) is 7.69. The van der Waals surface area contributed by atoms with Crippen LogP contribution < -0.4 is 0 Å². The molecule has 0 fully saturated rings. The van der Waals surface area contributed by atoms with Gasteiger partial charge in [0, 0.05) is 6.92 Å². The molecule has 70 valence electrons. The van der Waals surface area contributed by atoms with E-state index >= 15 is 0 Å². The van der Waals surface area contributed by atoms with Crippen molar-refractivity contribution in [3.8, 4) is 0 Å². The first-order chi connectivity index (χ1) is 6.20. The van der Waals surface area contributed by atoms with Gasteiger partial charge in [0.15, 0.2) is 0 Å². The molecule has 1 unspecified atom stereocenters. The summed E-state index contributed by atoms with van der Waals surface area (Å²) in [6, 6.07) is 9.55. The Kier molecular flexibility index (Phi) is 3.46. The Labute approximate surface area is 77.2 Å². The molecule has 0 radical (unpaired) electrons. The van der Waals surface area contributed by atoms with Gasteiger partial charge in [0.25, 0.3) is 0 Å². The van der Waals surface area contributed by atoms with Gasteiger partial charge in [-0.25, -0.2) is 4.79 Å². The lowest BCUT2D eigenvalue weighted by atomic mass is 10.1. The van der Waals surface area contributed by atoms with Gasteiger partial charge >= 0.3 is 5.97 Å². The summed E-state index contributed by atoms with van der Waals surface area (Å²) in [6.45, 7) is 3.12. The van der Waals surface area contributed by atoms with E-state index in [9.17, 15) is 4.79 Å². The second-order valence-electron chi connectivity index (χ2n) is 2.72. The van der Waals surface area contributed by atoms with E-state index in [2.05, 4.69) is 4.89 Å². The summed E-state index contributed by atoms with van der Waals surface area (Å²) in [5, 5.41) is 0. The van der Waals surface area contributed by atoms with Crippen LogP contribution in [0, 0.1) is 0 Å². The van der Waals surface area contributed by atoms with E-state index in [0.29, 0.717) is 0 Å². The molecule has 13 heavy (non-hydrogen) atoms. The van der Waals surface area contributed by atoms with Gasteiger partial charge in [0.05, 0.1) is 0 Å². The predicted octanol–water partition coefficient (Wildman–Crippen LogP) is 2.24. The maximum atomic E-state index is 10.4. The van der Waals surface area contributed by atoms with Crippen LogP contribution in [0.5, 0.6) is 0 Å². The largest absolute Gasteiger partial charge is 0.339 e. The molecule has 3 heteroatoms. The fraction of sp³-hybridized carbons (Fsp3) is 0.300. The number of carbonyl (C=O) groups excluding carboxylic acids is 1. The molecule has 1 aromatic rings. The third-order valence-corrected chi connectivity index (χ3v) is 1.58. The molecular formula is C10H12O3. The van der Waals surface area contributed by atoms with E-state index in [1.807, 2.05) is 37.3 Å². The molecule has 0 saturated heterocycles. The SMILES string of the molecule is CC(=O)OOC(C)c1ccccc1. The molecule has 1 atom stereocenters. The number of carbonyl (C=O) groups is 1. The lowest BCUT2D eigenvalue weighted by molar-refractivity contribution is -0.295. The van der Waals surface area contributed by atoms with Crippen LogP contribution in [0.25, 0.3) is 0 Å². The summed E-state index contributed by atoms with van der Waals surface area (Å²) >= 11 is 0. The van der Waals surface area contributed by atoms with Gasteiger partial charge in [-0.05, 0) is 12.5 Å². The van der Waals surface area contributed by atoms with Gasteiger partial charge in [-0.15, -0.1) is 0 Å². The Hall–Kier alpha value is -1.35. The maximum Gasteiger partial charge on any atom is 0.339 e. The van der Waals surface area contributed by atoms with Crippen molar-refractivity contribution in [3.63, 3.8) is 0 Å². The molecule has 0 saturated carbocycles. The van der Waals surface area contributed by atoms with Crippen LogP contribution in [0.2, 0.25) is 0 Å². The van der Waals surface area contributed by atoms with Gasteiger partial charge in [-0.3, -0.25) is 4.89 Å². The third-order valence-electron chi connectivity index (χ3n) is 1.58. The highest BCUT2D eigenvalue weighted by Gasteiger charge is 2.06. The van der Waals surface area contributed by atoms with Crippen LogP contribution in [-0.4, -0.2) is 5.97 Å². The average Bonchev–Trinajstić information content (AvgIpc) is 2.15. The molecule has 3 nitrogen and oxygen atoms in total. The molecule has 0 spiro atoms. The first-order valence-corrected chi connectivity index (χ1v) is 4.09. The summed E-state index contributed by atoms with van der Waals surface area (Å²) in [4.78, 5) is 19.7. The Bertz CT molecular complexity index is 269. The Morgan fingerprint density at radius 2 is 1.92 bits per heavy atom. The van der Waals surface area contributed by atoms with Crippen molar-refractivity contribution < 1.29 is 14.6 Å². The van der Waals surface area contributed by atoms with Crippen molar-refractivity contribution in [1.82, 2.24) is 0 Å². The van der Waals surface area contributed by atoms with Gasteiger partial charge in [-0.1, -0.05) is 30.3 Å². The molecule has 1 rings (SSSR count). The van der Waals surface area contributed by atoms with Crippen LogP contribution in [0.3, 0.4) is 0 Å². The molecule has 0 aliphatic heterocycles. The summed E-state index contributed by atoms with van der Waals surface area (Å²) in [6.07, 6.45) is -0.231. The molecule has 0 N–H and O–H groups in total. The van der Waals surface area contributed by atoms with Crippen molar-refractivity contribution in [2.24, 2.45) is 0 Å². The Morgan fingerprint density at radius 3 is 2.46 bits per heavy atom. The van der Waals surface area contributed by atoms with Crippen LogP contribution in [0.15, 0.2) is 30.3 Å². The molecular weight excluding hydrogens is 168 g/mol. The van der Waals surface area contributed by atoms with E-state index in [4.69, 9.17) is 4.89 Å². The molecule has 1 aromatic carbocycles. The quantitative estimate of drug-likeness (QED) is 0.528. The van der Waals surface area contributed by atoms with E-state index < -0.39 is 5.97 Å². The predicted molar refractivity (Wildman–Crippen MR) is 47.7 cm³/mol. The summed E-state index contributed by atoms with van der Waals surface area (Å²) in [5.74, 6) is -0.442. The number of hydrogen-bond donors (Lipinski definition) is 0. The zero-order valence-corrected chi connectivity index (χ0v) is 7.69. The summed E-state index contributed by atoms with van der Waals surface area (Å²) in [5.41, 5.74) is 0.976. The lowest BCUT2D eigenvalue weighted by Gasteiger charge is -2.09. The highest BCUT2D eigenvalue weighted by Crippen LogP contribution is 2.15. The fourth-order valence-electron chi connectivity index (χ4n) is 0.920. The fourth-order valence-corrected chi connectivity index (χ4v) is 0.920. The van der Waals surface area contributed by atoms with Crippen molar-refractivity contribution in [3.05, 3.63) is 35.9 Å². The zero-order chi connectivity index (χ0) is 9.68. The average molecular weight is 180 g/mol. The topological polar surface area (TPSA) is 35.5 Å². The molecule has 0 bridgehead atoms. The van der Waals surface area contributed by atoms with Crippen LogP contribution in [0.1, 0.15) is 25.5 Å². The van der Waals surface area contributed by atoms with Crippen molar-refractivity contribution >= 4 is 5.97 Å². The number of hydrogen-bond acceptors (Lipinski definition) is 3. The van der Waals surface area contributed by atoms with Crippen LogP contribution in [-0.2, 0) is 14.6 Å². The molecule has 0 amide bonds. The van der Waals surface area contributed by atoms with Crippen molar-refractivity contribution in [2.45, 2.75) is 20.0 Å². The monoisotopic (exact) mass is 180 g/mol. The van der Waals surface area contributed by atoms with Gasteiger partial charge in [0.1, 0.15) is 6.10 Å². The van der Waals surface area contributed by atoms with E-state index in [-0.39, 0.29) is 6.10 Å². The highest BCUT2D eigenvalue weighted by atomic mass is 17.2. The Balaban J connectivity index is 2.49. The minimum Gasteiger partial charge on any atom is -0.298 e. The maximum absolute atomic E-state index is 10.4. The molecule has 0 heterocycles. The van der Waals surface area contributed by atoms with E-state index in [0.717, 1.165) is 5.56 Å². The van der Waals surface area contributed by atoms with Crippen LogP contribution in [0.4, 0.5) is 0 Å². The standard InChI is InChI=1S/C10H12O3/c1-8(12-13-9(2)11)10-6-4-3-5-7-10/h3-8H,1-2H3. The minimum absolute atomic E-state index is 0.231. The summed E-state index contributed by atoms with van der Waals surface area (Å²) < 4.78 is 0. The third kappa shape index (κ3) is 3.25. The van der Waals surface area contributed by atoms with E-state index in [1.165, 1.54) is 6.92 Å². The molecule has 0 aliphatic carbocycles. The first-order valence-electron chi connectivity index (χ1n) is 4.09. The lowest BCUT2D eigenvalue weighted by Crippen LogP contribution is -2.04. The van der Waals surface area contributed by atoms with Gasteiger partial charge < -0.3 is 0 Å². The number of rotatable bonds is 3. The van der Waals surface area contributed by atoms with E-state index in [1.54, 1.807) is 0 Å². The summed E-state index contributed by atoms with van der Waals surface area (Å²) in [7, 11) is 0. The minimum atomic E-state index is -0.442. The van der Waals surface area contributed by atoms with Crippen molar-refractivity contribution in [2.75, 3.05) is 0 Å². The molecule has 0 aliphatic rings. The molecule has 0 aromatic heterocycles. The second kappa shape index (κ2) is 4.62. The van der Waals surface area contributed by atoms with Gasteiger partial charge in [-0.2, -0.15) is 4.89 Å². The van der Waals surface area contributed by atoms with Gasteiger partial charge in [0.2, 0.25) is 0 Å². The second-order valence-corrected chi connectivity index (χ2v) is 2.72. The highest BCUT2D eigenvalue weighted by molar-refractivity contribution is 5.65. The normalized spacial score (nSPS) is 12.2. The number of benzene rings is 1. The van der Waals surface area contributed by atoms with Crippen molar-refractivity contribution in [1.29, 1.82) is 0 Å². The smallest absolute Gasteiger partial charge is 0.298 e. The van der Waals surface area contributed by atoms with Crippen LogP contribution >= 0.6 is 0 Å². The first kappa shape index (κ1) is 9.74. The Morgan fingerprint density at radius 1 is 1.31 bits per heavy atom.